The number of ether oxygens (including phenoxy) is 1. The quantitative estimate of drug-likeness (QED) is 0.677. The molecule has 4 nitrogen and oxygen atoms in total. The molecular formula is C11H16FNO3. The molecule has 2 aliphatic rings. The van der Waals surface area contributed by atoms with E-state index in [1.807, 2.05) is 0 Å². The van der Waals surface area contributed by atoms with Crippen LogP contribution in [-0.4, -0.2) is 31.7 Å². The monoisotopic (exact) mass is 229 g/mol. The average Bonchev–Trinajstić information content (AvgIpc) is 2.64. The van der Waals surface area contributed by atoms with E-state index in [9.17, 15) is 14.0 Å². The third-order valence-corrected chi connectivity index (χ3v) is 3.82. The highest BCUT2D eigenvalue weighted by molar-refractivity contribution is 5.86. The van der Waals surface area contributed by atoms with Crippen molar-refractivity contribution in [3.05, 3.63) is 0 Å². The van der Waals surface area contributed by atoms with Crippen LogP contribution in [0.5, 0.6) is 0 Å². The van der Waals surface area contributed by atoms with Gasteiger partial charge in [0.2, 0.25) is 5.91 Å². The Labute approximate surface area is 93.5 Å². The SMILES string of the molecule is COC(=O)C1CCC(F)C2(CCNC2=O)C1. The van der Waals surface area contributed by atoms with Crippen LogP contribution in [0.1, 0.15) is 25.7 Å². The maximum Gasteiger partial charge on any atom is 0.308 e. The average molecular weight is 229 g/mol. The number of carbonyl (C=O) groups excluding carboxylic acids is 2. The molecule has 3 atom stereocenters. The van der Waals surface area contributed by atoms with Crippen molar-refractivity contribution in [2.24, 2.45) is 11.3 Å². The van der Waals surface area contributed by atoms with Gasteiger partial charge in [0.25, 0.3) is 0 Å². The van der Waals surface area contributed by atoms with E-state index in [1.165, 1.54) is 7.11 Å². The largest absolute Gasteiger partial charge is 0.469 e. The summed E-state index contributed by atoms with van der Waals surface area (Å²) in [6, 6.07) is 0. The van der Waals surface area contributed by atoms with Gasteiger partial charge in [0, 0.05) is 6.54 Å². The number of esters is 1. The Balaban J connectivity index is 2.17. The van der Waals surface area contributed by atoms with E-state index in [4.69, 9.17) is 0 Å². The van der Waals surface area contributed by atoms with Gasteiger partial charge in [0.05, 0.1) is 18.4 Å². The number of alkyl halides is 1. The second-order valence-corrected chi connectivity index (χ2v) is 4.63. The highest BCUT2D eigenvalue weighted by Crippen LogP contribution is 2.46. The van der Waals surface area contributed by atoms with Gasteiger partial charge in [-0.1, -0.05) is 0 Å². The molecule has 90 valence electrons. The number of hydrogen-bond donors (Lipinski definition) is 1. The topological polar surface area (TPSA) is 55.4 Å². The van der Waals surface area contributed by atoms with Gasteiger partial charge in [-0.3, -0.25) is 9.59 Å². The van der Waals surface area contributed by atoms with Gasteiger partial charge >= 0.3 is 5.97 Å². The molecule has 0 aromatic rings. The minimum atomic E-state index is -1.13. The highest BCUT2D eigenvalue weighted by atomic mass is 19.1. The summed E-state index contributed by atoms with van der Waals surface area (Å²) in [5, 5.41) is 2.66. The molecule has 1 saturated heterocycles. The first-order valence-corrected chi connectivity index (χ1v) is 5.60. The first kappa shape index (κ1) is 11.4. The van der Waals surface area contributed by atoms with Gasteiger partial charge in [0.1, 0.15) is 6.17 Å². The van der Waals surface area contributed by atoms with E-state index in [0.717, 1.165) is 0 Å². The standard InChI is InChI=1S/C11H16FNO3/c1-16-9(14)7-2-3-8(12)11(6-7)4-5-13-10(11)15/h7-8H,2-6H2,1H3,(H,13,15). The fourth-order valence-electron chi connectivity index (χ4n) is 2.84. The van der Waals surface area contributed by atoms with Gasteiger partial charge in [0.15, 0.2) is 0 Å². The zero-order chi connectivity index (χ0) is 11.8. The molecule has 1 aliphatic carbocycles. The van der Waals surface area contributed by atoms with Crippen LogP contribution in [0.15, 0.2) is 0 Å². The van der Waals surface area contributed by atoms with E-state index in [1.54, 1.807) is 0 Å². The molecule has 1 saturated carbocycles. The molecule has 0 radical (unpaired) electrons. The van der Waals surface area contributed by atoms with Crippen LogP contribution in [0.2, 0.25) is 0 Å². The van der Waals surface area contributed by atoms with Crippen molar-refractivity contribution in [3.8, 4) is 0 Å². The minimum absolute atomic E-state index is 0.242. The third-order valence-electron chi connectivity index (χ3n) is 3.82. The van der Waals surface area contributed by atoms with Crippen LogP contribution in [-0.2, 0) is 14.3 Å². The molecular weight excluding hydrogens is 213 g/mol. The van der Waals surface area contributed by atoms with Crippen LogP contribution >= 0.6 is 0 Å². The second-order valence-electron chi connectivity index (χ2n) is 4.63. The van der Waals surface area contributed by atoms with Crippen LogP contribution in [0, 0.1) is 11.3 Å². The lowest BCUT2D eigenvalue weighted by Gasteiger charge is -2.37. The molecule has 1 N–H and O–H groups in total. The van der Waals surface area contributed by atoms with Crippen LogP contribution in [0.4, 0.5) is 4.39 Å². The Bertz CT molecular complexity index is 320. The zero-order valence-electron chi connectivity index (χ0n) is 9.29. The molecule has 1 heterocycles. The number of hydrogen-bond acceptors (Lipinski definition) is 3. The maximum atomic E-state index is 13.9. The summed E-state index contributed by atoms with van der Waals surface area (Å²) in [6.07, 6.45) is 0.388. The molecule has 1 spiro atoms. The predicted octanol–water partition coefficient (Wildman–Crippen LogP) is 0.804. The lowest BCUT2D eigenvalue weighted by Crippen LogP contribution is -2.46. The molecule has 3 unspecified atom stereocenters. The maximum absolute atomic E-state index is 13.9. The van der Waals surface area contributed by atoms with Gasteiger partial charge in [-0.15, -0.1) is 0 Å². The summed E-state index contributed by atoms with van der Waals surface area (Å²) in [5.74, 6) is -0.902. The number of halogens is 1. The summed E-state index contributed by atoms with van der Waals surface area (Å²) in [4.78, 5) is 23.2. The number of methoxy groups -OCH3 is 1. The number of amides is 1. The summed E-state index contributed by atoms with van der Waals surface area (Å²) < 4.78 is 18.6. The highest BCUT2D eigenvalue weighted by Gasteiger charge is 2.53. The summed E-state index contributed by atoms with van der Waals surface area (Å²) in [7, 11) is 1.32. The fraction of sp³-hybridized carbons (Fsp3) is 0.818. The molecule has 0 aromatic carbocycles. The Kier molecular flexibility index (Phi) is 2.86. The number of carbonyl (C=O) groups is 2. The van der Waals surface area contributed by atoms with Crippen molar-refractivity contribution >= 4 is 11.9 Å². The lowest BCUT2D eigenvalue weighted by molar-refractivity contribution is -0.151. The summed E-state index contributed by atoms with van der Waals surface area (Å²) in [6.45, 7) is 0.507. The Morgan fingerprint density at radius 2 is 2.31 bits per heavy atom. The summed E-state index contributed by atoms with van der Waals surface area (Å²) in [5.41, 5.74) is -0.975. The lowest BCUT2D eigenvalue weighted by atomic mass is 9.67. The first-order chi connectivity index (χ1) is 7.60. The fourth-order valence-corrected chi connectivity index (χ4v) is 2.84. The molecule has 1 amide bonds. The van der Waals surface area contributed by atoms with Gasteiger partial charge in [-0.05, 0) is 25.7 Å². The molecule has 0 bridgehead atoms. The molecule has 2 rings (SSSR count). The molecule has 2 fully saturated rings. The van der Waals surface area contributed by atoms with Crippen molar-refractivity contribution in [1.29, 1.82) is 0 Å². The van der Waals surface area contributed by atoms with Crippen molar-refractivity contribution in [1.82, 2.24) is 5.32 Å². The smallest absolute Gasteiger partial charge is 0.308 e. The zero-order valence-corrected chi connectivity index (χ0v) is 9.29. The Hall–Kier alpha value is -1.13. The van der Waals surface area contributed by atoms with E-state index < -0.39 is 11.6 Å². The van der Waals surface area contributed by atoms with Crippen LogP contribution in [0.25, 0.3) is 0 Å². The van der Waals surface area contributed by atoms with Gasteiger partial charge in [-0.25, -0.2) is 4.39 Å². The van der Waals surface area contributed by atoms with Crippen molar-refractivity contribution in [2.45, 2.75) is 31.9 Å². The molecule has 1 aliphatic heterocycles. The first-order valence-electron chi connectivity index (χ1n) is 5.60. The van der Waals surface area contributed by atoms with E-state index in [0.29, 0.717) is 19.4 Å². The van der Waals surface area contributed by atoms with Gasteiger partial charge < -0.3 is 10.1 Å². The third kappa shape index (κ3) is 1.58. The van der Waals surface area contributed by atoms with Crippen molar-refractivity contribution in [3.63, 3.8) is 0 Å². The van der Waals surface area contributed by atoms with Crippen LogP contribution in [0.3, 0.4) is 0 Å². The Morgan fingerprint density at radius 3 is 2.88 bits per heavy atom. The van der Waals surface area contributed by atoms with Gasteiger partial charge in [-0.2, -0.15) is 0 Å². The van der Waals surface area contributed by atoms with Crippen molar-refractivity contribution < 1.29 is 18.7 Å². The number of rotatable bonds is 1. The number of nitrogens with one attached hydrogen (secondary N) is 1. The van der Waals surface area contributed by atoms with Crippen LogP contribution < -0.4 is 5.32 Å². The minimum Gasteiger partial charge on any atom is -0.469 e. The summed E-state index contributed by atoms with van der Waals surface area (Å²) >= 11 is 0. The van der Waals surface area contributed by atoms with E-state index in [-0.39, 0.29) is 30.6 Å². The van der Waals surface area contributed by atoms with E-state index >= 15 is 0 Å². The molecule has 16 heavy (non-hydrogen) atoms. The second kappa shape index (κ2) is 4.03. The predicted molar refractivity (Wildman–Crippen MR) is 54.3 cm³/mol. The normalized spacial score (nSPS) is 38.5. The van der Waals surface area contributed by atoms with E-state index in [2.05, 4.69) is 10.1 Å². The molecule has 0 aromatic heterocycles. The molecule has 5 heteroatoms. The Morgan fingerprint density at radius 1 is 1.56 bits per heavy atom. The van der Waals surface area contributed by atoms with Crippen molar-refractivity contribution in [2.75, 3.05) is 13.7 Å².